The number of nitrogens with zero attached hydrogens (tertiary/aromatic N) is 9. The summed E-state index contributed by atoms with van der Waals surface area (Å²) < 4.78 is 3.27. The quantitative estimate of drug-likeness (QED) is 0.473. The summed E-state index contributed by atoms with van der Waals surface area (Å²) in [5.74, 6) is 0.745. The number of anilines is 1. The van der Waals surface area contributed by atoms with Crippen LogP contribution >= 0.6 is 0 Å². The van der Waals surface area contributed by atoms with E-state index in [-0.39, 0.29) is 30.8 Å². The lowest BCUT2D eigenvalue weighted by atomic mass is 9.85. The van der Waals surface area contributed by atoms with E-state index in [2.05, 4.69) is 35.8 Å². The van der Waals surface area contributed by atoms with Crippen molar-refractivity contribution < 1.29 is 14.7 Å². The molecule has 3 aromatic rings. The van der Waals surface area contributed by atoms with Gasteiger partial charge in [0.25, 0.3) is 0 Å². The molecule has 202 valence electrons. The molecule has 38 heavy (non-hydrogen) atoms. The van der Waals surface area contributed by atoms with Crippen LogP contribution in [0.2, 0.25) is 0 Å². The Hall–Kier alpha value is -3.61. The number of aliphatic hydroxyl groups excluding tert-OH is 1. The zero-order chi connectivity index (χ0) is 26.6. The molecular weight excluding hydrogens is 488 g/mol. The van der Waals surface area contributed by atoms with Gasteiger partial charge in [-0.3, -0.25) is 9.59 Å². The maximum absolute atomic E-state index is 13.9. The summed E-state index contributed by atoms with van der Waals surface area (Å²) >= 11 is 0. The van der Waals surface area contributed by atoms with Crippen molar-refractivity contribution in [2.24, 2.45) is 5.41 Å². The third kappa shape index (κ3) is 4.70. The van der Waals surface area contributed by atoms with Crippen molar-refractivity contribution in [3.05, 3.63) is 30.4 Å². The van der Waals surface area contributed by atoms with Gasteiger partial charge in [-0.2, -0.15) is 4.52 Å². The molecule has 3 fully saturated rings. The molecule has 0 spiro atoms. The standard InChI is InChI=1S/C25H34N10O3/c1-25(2,3)22(34-13-18(28-31-34)15-4-5-15)24(38)33-12-17(36)10-19(33)23(37)27-16-8-9-32(11-16)21-7-6-20-29-26-14-35(20)30-21/h6-7,13-17,19,22,36H,4-5,8-12H2,1-3H3,(H,27,37)/t16?,17-,19+,22-/m1/s1. The van der Waals surface area contributed by atoms with Crippen molar-refractivity contribution in [3.8, 4) is 0 Å². The Balaban J connectivity index is 1.15. The maximum Gasteiger partial charge on any atom is 0.248 e. The molecule has 13 nitrogen and oxygen atoms in total. The van der Waals surface area contributed by atoms with Crippen molar-refractivity contribution in [2.75, 3.05) is 24.5 Å². The van der Waals surface area contributed by atoms with Gasteiger partial charge in [-0.25, -0.2) is 4.68 Å². The van der Waals surface area contributed by atoms with Crippen LogP contribution in [0.5, 0.6) is 0 Å². The highest BCUT2D eigenvalue weighted by molar-refractivity contribution is 5.90. The average molecular weight is 523 g/mol. The minimum atomic E-state index is -0.757. The fourth-order valence-corrected chi connectivity index (χ4v) is 5.60. The molecule has 0 bridgehead atoms. The minimum Gasteiger partial charge on any atom is -0.391 e. The number of rotatable bonds is 6. The van der Waals surface area contributed by atoms with Crippen molar-refractivity contribution in [1.82, 2.24) is 45.0 Å². The molecule has 0 radical (unpaired) electrons. The smallest absolute Gasteiger partial charge is 0.248 e. The van der Waals surface area contributed by atoms with E-state index in [1.807, 2.05) is 39.1 Å². The highest BCUT2D eigenvalue weighted by atomic mass is 16.3. The fourth-order valence-electron chi connectivity index (χ4n) is 5.60. The number of fused-ring (bicyclic) bond motifs is 1. The van der Waals surface area contributed by atoms with Gasteiger partial charge in [0, 0.05) is 44.2 Å². The molecule has 1 saturated carbocycles. The summed E-state index contributed by atoms with van der Waals surface area (Å²) in [6.07, 6.45) is 5.82. The number of aliphatic hydroxyl groups is 1. The molecule has 1 unspecified atom stereocenters. The Labute approximate surface area is 220 Å². The van der Waals surface area contributed by atoms with Crippen molar-refractivity contribution in [2.45, 2.75) is 76.6 Å². The second kappa shape index (κ2) is 9.29. The highest BCUT2D eigenvalue weighted by Crippen LogP contribution is 2.40. The number of nitrogens with one attached hydrogen (secondary N) is 1. The number of hydrogen-bond acceptors (Lipinski definition) is 9. The largest absolute Gasteiger partial charge is 0.391 e. The van der Waals surface area contributed by atoms with Gasteiger partial charge in [0.1, 0.15) is 24.2 Å². The second-order valence-electron chi connectivity index (χ2n) is 11.8. The van der Waals surface area contributed by atoms with Crippen molar-refractivity contribution >= 4 is 23.3 Å². The lowest BCUT2D eigenvalue weighted by Gasteiger charge is -2.34. The van der Waals surface area contributed by atoms with Gasteiger partial charge in [0.2, 0.25) is 11.8 Å². The van der Waals surface area contributed by atoms with Crippen LogP contribution in [0.1, 0.15) is 64.1 Å². The molecule has 0 aromatic carbocycles. The van der Waals surface area contributed by atoms with E-state index in [0.29, 0.717) is 18.1 Å². The van der Waals surface area contributed by atoms with Crippen LogP contribution < -0.4 is 10.2 Å². The second-order valence-corrected chi connectivity index (χ2v) is 11.8. The molecule has 2 amide bonds. The van der Waals surface area contributed by atoms with E-state index < -0.39 is 23.6 Å². The van der Waals surface area contributed by atoms with Crippen LogP contribution in [-0.2, 0) is 9.59 Å². The van der Waals surface area contributed by atoms with Crippen molar-refractivity contribution in [3.63, 3.8) is 0 Å². The Morgan fingerprint density at radius 3 is 2.71 bits per heavy atom. The topological polar surface area (TPSA) is 147 Å². The van der Waals surface area contributed by atoms with Crippen LogP contribution in [0.4, 0.5) is 5.82 Å². The number of hydrogen-bond donors (Lipinski definition) is 2. The molecule has 3 aliphatic rings. The third-order valence-electron chi connectivity index (χ3n) is 7.71. The first-order chi connectivity index (χ1) is 18.2. The van der Waals surface area contributed by atoms with E-state index in [1.54, 1.807) is 15.5 Å². The summed E-state index contributed by atoms with van der Waals surface area (Å²) in [6, 6.07) is 2.29. The number of likely N-dealkylation sites (tertiary alicyclic amines) is 1. The number of aromatic nitrogens is 7. The van der Waals surface area contributed by atoms with Gasteiger partial charge in [-0.15, -0.1) is 20.4 Å². The van der Waals surface area contributed by atoms with Gasteiger partial charge in [-0.1, -0.05) is 26.0 Å². The molecule has 2 saturated heterocycles. The van der Waals surface area contributed by atoms with Crippen LogP contribution in [0.15, 0.2) is 24.7 Å². The molecule has 1 aliphatic carbocycles. The normalized spacial score (nSPS) is 24.8. The molecule has 4 atom stereocenters. The summed E-state index contributed by atoms with van der Waals surface area (Å²) in [5.41, 5.74) is 1.11. The summed E-state index contributed by atoms with van der Waals surface area (Å²) in [5, 5.41) is 34.6. The first-order valence-corrected chi connectivity index (χ1v) is 13.3. The number of carbonyl (C=O) groups is 2. The molecule has 2 N–H and O–H groups in total. The van der Waals surface area contributed by atoms with E-state index in [9.17, 15) is 14.7 Å². The Kier molecular flexibility index (Phi) is 6.04. The van der Waals surface area contributed by atoms with Crippen LogP contribution in [0.25, 0.3) is 5.65 Å². The van der Waals surface area contributed by atoms with E-state index in [1.165, 1.54) is 4.90 Å². The molecule has 6 rings (SSSR count). The van der Waals surface area contributed by atoms with Gasteiger partial charge in [0.05, 0.1) is 11.8 Å². The average Bonchev–Trinajstić information content (AvgIpc) is 3.27. The predicted octanol–water partition coefficient (Wildman–Crippen LogP) is 0.537. The Morgan fingerprint density at radius 1 is 1.13 bits per heavy atom. The van der Waals surface area contributed by atoms with E-state index >= 15 is 0 Å². The van der Waals surface area contributed by atoms with Gasteiger partial charge in [0.15, 0.2) is 5.65 Å². The zero-order valence-corrected chi connectivity index (χ0v) is 21.9. The number of β-amino-alcohol motifs (C(OH)–C–C–N with tert-alkyl or cyclic N) is 1. The van der Waals surface area contributed by atoms with Gasteiger partial charge in [-0.05, 0) is 36.8 Å². The Bertz CT molecular complexity index is 1340. The lowest BCUT2D eigenvalue weighted by molar-refractivity contribution is -0.144. The van der Waals surface area contributed by atoms with Crippen molar-refractivity contribution in [1.29, 1.82) is 0 Å². The summed E-state index contributed by atoms with van der Waals surface area (Å²) in [6.45, 7) is 7.40. The monoisotopic (exact) mass is 522 g/mol. The first kappa shape index (κ1) is 24.7. The molecule has 13 heteroatoms. The Morgan fingerprint density at radius 2 is 1.95 bits per heavy atom. The van der Waals surface area contributed by atoms with Gasteiger partial charge < -0.3 is 20.2 Å². The van der Waals surface area contributed by atoms with Gasteiger partial charge >= 0.3 is 0 Å². The van der Waals surface area contributed by atoms with E-state index in [4.69, 9.17) is 0 Å². The molecule has 5 heterocycles. The fraction of sp³-hybridized carbons (Fsp3) is 0.640. The highest BCUT2D eigenvalue weighted by Gasteiger charge is 2.46. The number of carbonyl (C=O) groups excluding carboxylic acids is 2. The van der Waals surface area contributed by atoms with E-state index in [0.717, 1.165) is 37.3 Å². The third-order valence-corrected chi connectivity index (χ3v) is 7.71. The maximum atomic E-state index is 13.9. The van der Waals surface area contributed by atoms with Crippen LogP contribution in [0, 0.1) is 5.41 Å². The lowest BCUT2D eigenvalue weighted by Crippen LogP contribution is -2.52. The summed E-state index contributed by atoms with van der Waals surface area (Å²) in [7, 11) is 0. The van der Waals surface area contributed by atoms with Crippen LogP contribution in [-0.4, -0.2) is 94.4 Å². The zero-order valence-electron chi connectivity index (χ0n) is 21.9. The van der Waals surface area contributed by atoms with Crippen LogP contribution in [0.3, 0.4) is 0 Å². The SMILES string of the molecule is CC(C)(C)[C@@H](C(=O)N1C[C@H](O)C[C@H]1C(=O)NC1CCN(c2ccc3nncn3n2)C1)n1cc(C2CC2)nn1. The molecule has 3 aromatic heterocycles. The molecular formula is C25H34N10O3. The number of amides is 2. The first-order valence-electron chi connectivity index (χ1n) is 13.3. The summed E-state index contributed by atoms with van der Waals surface area (Å²) in [4.78, 5) is 31.0. The minimum absolute atomic E-state index is 0.0922. The molecule has 2 aliphatic heterocycles. The predicted molar refractivity (Wildman–Crippen MR) is 136 cm³/mol.